The number of rotatable bonds is 3. The molecule has 1 aromatic heterocycles. The Kier molecular flexibility index (Phi) is 5.23. The van der Waals surface area contributed by atoms with E-state index < -0.39 is 32.0 Å². The van der Waals surface area contributed by atoms with Crippen LogP contribution in [0.2, 0.25) is 0 Å². The molecule has 1 atom stereocenters. The fourth-order valence-corrected chi connectivity index (χ4v) is 4.82. The number of nitrogens with zero attached hydrogens (tertiary/aromatic N) is 3. The first-order valence-electron chi connectivity index (χ1n) is 9.14. The van der Waals surface area contributed by atoms with Gasteiger partial charge in [-0.3, -0.25) is 9.79 Å². The summed E-state index contributed by atoms with van der Waals surface area (Å²) in [7, 11) is -2.41. The van der Waals surface area contributed by atoms with E-state index in [4.69, 9.17) is 10.3 Å². The standard InChI is InChI=1S/C19H24FN5O4S/c1-11-8-15(24-29-11)16(26)22-12-6-7-14(20)13(9-12)19(4)10-25(5)30(27,28)18(2,3)17(21)23-19/h6-9H,10H2,1-5H3,(H2,21,23)(H,22,26)/t19-/m0/s1. The molecule has 3 N–H and O–H groups in total. The van der Waals surface area contributed by atoms with Crippen LogP contribution in [0.1, 0.15) is 42.6 Å². The summed E-state index contributed by atoms with van der Waals surface area (Å²) < 4.78 is 45.1. The normalized spacial score (nSPS) is 23.5. The van der Waals surface area contributed by atoms with Crippen molar-refractivity contribution in [2.24, 2.45) is 10.7 Å². The summed E-state index contributed by atoms with van der Waals surface area (Å²) in [4.78, 5) is 16.8. The van der Waals surface area contributed by atoms with E-state index in [1.54, 1.807) is 13.8 Å². The zero-order valence-corrected chi connectivity index (χ0v) is 18.2. The number of halogens is 1. The van der Waals surface area contributed by atoms with E-state index in [0.717, 1.165) is 4.31 Å². The molecular formula is C19H24FN5O4S. The molecule has 30 heavy (non-hydrogen) atoms. The number of anilines is 1. The van der Waals surface area contributed by atoms with Gasteiger partial charge in [-0.05, 0) is 45.9 Å². The second-order valence-corrected chi connectivity index (χ2v) is 10.6. The highest BCUT2D eigenvalue weighted by Crippen LogP contribution is 2.36. The van der Waals surface area contributed by atoms with Crippen LogP contribution in [0.4, 0.5) is 10.1 Å². The first-order valence-corrected chi connectivity index (χ1v) is 10.6. The Bertz CT molecular complexity index is 1140. The molecule has 0 spiro atoms. The molecule has 0 aliphatic carbocycles. The summed E-state index contributed by atoms with van der Waals surface area (Å²) in [5.41, 5.74) is 5.20. The lowest BCUT2D eigenvalue weighted by atomic mass is 9.91. The number of hydrogen-bond acceptors (Lipinski definition) is 7. The predicted octanol–water partition coefficient (Wildman–Crippen LogP) is 2.00. The largest absolute Gasteiger partial charge is 0.386 e. The molecule has 2 aromatic rings. The van der Waals surface area contributed by atoms with Crippen LogP contribution < -0.4 is 11.1 Å². The first kappa shape index (κ1) is 21.9. The van der Waals surface area contributed by atoms with Gasteiger partial charge in [-0.25, -0.2) is 17.1 Å². The Hall–Kier alpha value is -2.79. The van der Waals surface area contributed by atoms with E-state index in [1.807, 2.05) is 0 Å². The highest BCUT2D eigenvalue weighted by atomic mass is 32.2. The summed E-state index contributed by atoms with van der Waals surface area (Å²) in [6.45, 7) is 6.03. The maximum absolute atomic E-state index is 14.8. The molecule has 1 aliphatic heterocycles. The number of hydrogen-bond donors (Lipinski definition) is 2. The minimum atomic E-state index is -3.81. The highest BCUT2D eigenvalue weighted by molar-refractivity contribution is 7.91. The third-order valence-corrected chi connectivity index (χ3v) is 7.68. The predicted molar refractivity (Wildman–Crippen MR) is 110 cm³/mol. The topological polar surface area (TPSA) is 131 Å². The third-order valence-electron chi connectivity index (χ3n) is 5.23. The first-order chi connectivity index (χ1) is 13.8. The van der Waals surface area contributed by atoms with E-state index in [2.05, 4.69) is 15.5 Å². The molecule has 9 nitrogen and oxygen atoms in total. The van der Waals surface area contributed by atoms with Gasteiger partial charge in [-0.1, -0.05) is 5.16 Å². The Balaban J connectivity index is 2.03. The quantitative estimate of drug-likeness (QED) is 0.755. The molecule has 1 aliphatic rings. The number of aromatic nitrogens is 1. The molecule has 0 saturated heterocycles. The number of aliphatic imine (C=N–C) groups is 1. The average molecular weight is 437 g/mol. The van der Waals surface area contributed by atoms with Crippen molar-refractivity contribution in [3.05, 3.63) is 47.1 Å². The van der Waals surface area contributed by atoms with Gasteiger partial charge < -0.3 is 15.6 Å². The number of likely N-dealkylation sites (N-methyl/N-ethyl adjacent to an activating group) is 1. The molecule has 162 valence electrons. The lowest BCUT2D eigenvalue weighted by Gasteiger charge is -2.29. The van der Waals surface area contributed by atoms with Crippen molar-refractivity contribution in [2.75, 3.05) is 18.9 Å². The van der Waals surface area contributed by atoms with Gasteiger partial charge in [0.05, 0.1) is 0 Å². The average Bonchev–Trinajstić information content (AvgIpc) is 3.07. The smallest absolute Gasteiger partial charge is 0.277 e. The Labute approximate surface area is 174 Å². The third kappa shape index (κ3) is 3.58. The lowest BCUT2D eigenvalue weighted by Crippen LogP contribution is -2.50. The number of aryl methyl sites for hydroxylation is 1. The van der Waals surface area contributed by atoms with Crippen molar-refractivity contribution >= 4 is 27.5 Å². The van der Waals surface area contributed by atoms with Crippen molar-refractivity contribution < 1.29 is 22.1 Å². The minimum Gasteiger partial charge on any atom is -0.386 e. The van der Waals surface area contributed by atoms with E-state index >= 15 is 0 Å². The van der Waals surface area contributed by atoms with Gasteiger partial charge in [0.1, 0.15) is 27.7 Å². The maximum Gasteiger partial charge on any atom is 0.277 e. The SMILES string of the molecule is Cc1cc(C(=O)Nc2ccc(F)c([C@]3(C)CN(C)S(=O)(=O)C(C)(C)C(N)=N3)c2)no1. The Morgan fingerprint density at radius 1 is 1.30 bits per heavy atom. The number of amides is 1. The lowest BCUT2D eigenvalue weighted by molar-refractivity contribution is 0.101. The zero-order valence-electron chi connectivity index (χ0n) is 17.4. The van der Waals surface area contributed by atoms with Crippen molar-refractivity contribution in [2.45, 2.75) is 38.0 Å². The van der Waals surface area contributed by atoms with Gasteiger partial charge in [0.2, 0.25) is 10.0 Å². The van der Waals surface area contributed by atoms with E-state index in [9.17, 15) is 17.6 Å². The summed E-state index contributed by atoms with van der Waals surface area (Å²) in [6, 6.07) is 5.46. The molecule has 2 heterocycles. The van der Waals surface area contributed by atoms with Gasteiger partial charge in [0, 0.05) is 30.9 Å². The minimum absolute atomic E-state index is 0.0777. The Morgan fingerprint density at radius 2 is 1.97 bits per heavy atom. The van der Waals surface area contributed by atoms with E-state index in [0.29, 0.717) is 11.4 Å². The van der Waals surface area contributed by atoms with Crippen LogP contribution in [0, 0.1) is 12.7 Å². The van der Waals surface area contributed by atoms with Gasteiger partial charge >= 0.3 is 0 Å². The van der Waals surface area contributed by atoms with Gasteiger partial charge in [-0.15, -0.1) is 0 Å². The summed E-state index contributed by atoms with van der Waals surface area (Å²) in [6.07, 6.45) is 0. The molecule has 1 aromatic carbocycles. The summed E-state index contributed by atoms with van der Waals surface area (Å²) in [5.74, 6) is -0.780. The van der Waals surface area contributed by atoms with Gasteiger partial charge in [0.25, 0.3) is 5.91 Å². The highest BCUT2D eigenvalue weighted by Gasteiger charge is 2.48. The van der Waals surface area contributed by atoms with Crippen LogP contribution in [0.15, 0.2) is 33.8 Å². The van der Waals surface area contributed by atoms with Crippen molar-refractivity contribution in [3.8, 4) is 0 Å². The molecule has 0 radical (unpaired) electrons. The van der Waals surface area contributed by atoms with Crippen molar-refractivity contribution in [3.63, 3.8) is 0 Å². The van der Waals surface area contributed by atoms with Crippen LogP contribution in [-0.2, 0) is 15.6 Å². The number of carbonyl (C=O) groups is 1. The number of nitrogens with one attached hydrogen (secondary N) is 1. The summed E-state index contributed by atoms with van der Waals surface area (Å²) in [5, 5.41) is 6.27. The van der Waals surface area contributed by atoms with E-state index in [-0.39, 0.29) is 23.6 Å². The second kappa shape index (κ2) is 7.17. The van der Waals surface area contributed by atoms with Crippen molar-refractivity contribution in [1.29, 1.82) is 0 Å². The molecule has 3 rings (SSSR count). The van der Waals surface area contributed by atoms with Crippen LogP contribution in [0.5, 0.6) is 0 Å². The molecular weight excluding hydrogens is 413 g/mol. The monoisotopic (exact) mass is 437 g/mol. The molecule has 0 saturated carbocycles. The number of amidine groups is 1. The maximum atomic E-state index is 14.8. The van der Waals surface area contributed by atoms with Crippen LogP contribution in [0.3, 0.4) is 0 Å². The van der Waals surface area contributed by atoms with Crippen LogP contribution in [0.25, 0.3) is 0 Å². The fraction of sp³-hybridized carbons (Fsp3) is 0.421. The molecule has 0 fully saturated rings. The van der Waals surface area contributed by atoms with E-state index in [1.165, 1.54) is 45.2 Å². The van der Waals surface area contributed by atoms with Gasteiger partial charge in [-0.2, -0.15) is 0 Å². The number of nitrogens with two attached hydrogens (primary N) is 1. The molecule has 0 bridgehead atoms. The number of benzene rings is 1. The van der Waals surface area contributed by atoms with Crippen LogP contribution in [-0.4, -0.2) is 48.0 Å². The molecule has 1 amide bonds. The van der Waals surface area contributed by atoms with Gasteiger partial charge in [0.15, 0.2) is 5.69 Å². The summed E-state index contributed by atoms with van der Waals surface area (Å²) >= 11 is 0. The van der Waals surface area contributed by atoms with Crippen molar-refractivity contribution in [1.82, 2.24) is 9.46 Å². The number of sulfonamides is 1. The van der Waals surface area contributed by atoms with Crippen LogP contribution >= 0.6 is 0 Å². The molecule has 11 heteroatoms. The Morgan fingerprint density at radius 3 is 2.57 bits per heavy atom. The number of carbonyl (C=O) groups excluding carboxylic acids is 1. The zero-order chi connectivity index (χ0) is 22.5. The molecule has 0 unspecified atom stereocenters. The second-order valence-electron chi connectivity index (χ2n) is 8.01. The fourth-order valence-electron chi connectivity index (χ4n) is 3.31.